The molecule has 1 fully saturated rings. The fraction of sp³-hybridized carbons (Fsp3) is 0.286. The molecule has 0 bridgehead atoms. The van der Waals surface area contributed by atoms with Crippen molar-refractivity contribution in [3.05, 3.63) is 72.1 Å². The van der Waals surface area contributed by atoms with Gasteiger partial charge in [0.15, 0.2) is 0 Å². The number of hydrogen-bond donors (Lipinski definition) is 1. The number of rotatable bonds is 4. The number of aromatic nitrogens is 2. The minimum Gasteiger partial charge on any atom is -0.314 e. The van der Waals surface area contributed by atoms with E-state index >= 15 is 0 Å². The van der Waals surface area contributed by atoms with Crippen molar-refractivity contribution < 1.29 is 0 Å². The van der Waals surface area contributed by atoms with E-state index in [2.05, 4.69) is 65.5 Å². The van der Waals surface area contributed by atoms with Crippen LogP contribution in [0.5, 0.6) is 0 Å². The Labute approximate surface area is 143 Å². The summed E-state index contributed by atoms with van der Waals surface area (Å²) < 4.78 is 2.11. The van der Waals surface area contributed by atoms with Crippen molar-refractivity contribution in [2.75, 3.05) is 6.54 Å². The second-order valence-electron chi connectivity index (χ2n) is 6.62. The van der Waals surface area contributed by atoms with Crippen LogP contribution in [-0.2, 0) is 6.42 Å². The molecule has 1 unspecified atom stereocenters. The predicted molar refractivity (Wildman–Crippen MR) is 98.5 cm³/mol. The zero-order valence-corrected chi connectivity index (χ0v) is 14.1. The van der Waals surface area contributed by atoms with E-state index in [-0.39, 0.29) is 0 Å². The molecule has 4 rings (SSSR count). The van der Waals surface area contributed by atoms with Crippen LogP contribution in [0.15, 0.2) is 60.8 Å². The van der Waals surface area contributed by atoms with Gasteiger partial charge in [-0.3, -0.25) is 0 Å². The van der Waals surface area contributed by atoms with Crippen LogP contribution in [0, 0.1) is 6.92 Å². The zero-order valence-electron chi connectivity index (χ0n) is 14.1. The fourth-order valence-corrected chi connectivity index (χ4v) is 3.58. The van der Waals surface area contributed by atoms with Gasteiger partial charge in [0.2, 0.25) is 0 Å². The lowest BCUT2D eigenvalue weighted by molar-refractivity contribution is 0.584. The molecule has 0 amide bonds. The van der Waals surface area contributed by atoms with Gasteiger partial charge in [-0.25, -0.2) is 4.68 Å². The van der Waals surface area contributed by atoms with Crippen LogP contribution in [0.3, 0.4) is 0 Å². The summed E-state index contributed by atoms with van der Waals surface area (Å²) in [6.07, 6.45) is 5.54. The van der Waals surface area contributed by atoms with Gasteiger partial charge in [-0.2, -0.15) is 5.10 Å². The summed E-state index contributed by atoms with van der Waals surface area (Å²) in [5.41, 5.74) is 6.21. The first-order valence-corrected chi connectivity index (χ1v) is 8.74. The molecule has 122 valence electrons. The first-order chi connectivity index (χ1) is 11.8. The van der Waals surface area contributed by atoms with E-state index in [1.165, 1.54) is 35.2 Å². The SMILES string of the molecule is Cc1cccc(-c2cnn(-c3ccccc3)c2CC2CCCN2)c1. The highest BCUT2D eigenvalue weighted by molar-refractivity contribution is 5.67. The Balaban J connectivity index is 1.80. The summed E-state index contributed by atoms with van der Waals surface area (Å²) in [5, 5.41) is 8.35. The molecular formula is C21H23N3. The molecule has 24 heavy (non-hydrogen) atoms. The third kappa shape index (κ3) is 3.00. The molecule has 3 aromatic rings. The third-order valence-electron chi connectivity index (χ3n) is 4.80. The van der Waals surface area contributed by atoms with E-state index in [4.69, 9.17) is 5.10 Å². The van der Waals surface area contributed by atoms with Crippen molar-refractivity contribution in [2.24, 2.45) is 0 Å². The topological polar surface area (TPSA) is 29.9 Å². The van der Waals surface area contributed by atoms with Gasteiger partial charge in [0.05, 0.1) is 17.6 Å². The van der Waals surface area contributed by atoms with E-state index in [1.807, 2.05) is 12.3 Å². The monoisotopic (exact) mass is 317 g/mol. The summed E-state index contributed by atoms with van der Waals surface area (Å²) >= 11 is 0. The van der Waals surface area contributed by atoms with E-state index in [9.17, 15) is 0 Å². The first kappa shape index (κ1) is 15.2. The highest BCUT2D eigenvalue weighted by Gasteiger charge is 2.21. The molecule has 0 radical (unpaired) electrons. The largest absolute Gasteiger partial charge is 0.314 e. The van der Waals surface area contributed by atoms with Gasteiger partial charge < -0.3 is 5.32 Å². The minimum absolute atomic E-state index is 0.549. The quantitative estimate of drug-likeness (QED) is 0.783. The molecule has 1 aliphatic rings. The third-order valence-corrected chi connectivity index (χ3v) is 4.80. The number of nitrogens with zero attached hydrogens (tertiary/aromatic N) is 2. The Morgan fingerprint density at radius 1 is 1.12 bits per heavy atom. The van der Waals surface area contributed by atoms with Crippen LogP contribution >= 0.6 is 0 Å². The van der Waals surface area contributed by atoms with Gasteiger partial charge in [0.1, 0.15) is 0 Å². The Hall–Kier alpha value is -2.39. The van der Waals surface area contributed by atoms with Crippen LogP contribution in [0.4, 0.5) is 0 Å². The van der Waals surface area contributed by atoms with Crippen molar-refractivity contribution in [3.8, 4) is 16.8 Å². The standard InChI is InChI=1S/C21H23N3/c1-16-7-5-8-17(13-16)20-15-23-24(19-10-3-2-4-11-19)21(20)14-18-9-6-12-22-18/h2-5,7-8,10-11,13,15,18,22H,6,9,12,14H2,1H3. The Morgan fingerprint density at radius 3 is 2.75 bits per heavy atom. The maximum Gasteiger partial charge on any atom is 0.0649 e. The van der Waals surface area contributed by atoms with Crippen molar-refractivity contribution in [1.29, 1.82) is 0 Å². The van der Waals surface area contributed by atoms with Crippen molar-refractivity contribution in [2.45, 2.75) is 32.2 Å². The van der Waals surface area contributed by atoms with Gasteiger partial charge in [-0.15, -0.1) is 0 Å². The second-order valence-corrected chi connectivity index (χ2v) is 6.62. The van der Waals surface area contributed by atoms with E-state index < -0.39 is 0 Å². The van der Waals surface area contributed by atoms with Gasteiger partial charge in [-0.1, -0.05) is 48.0 Å². The zero-order chi connectivity index (χ0) is 16.4. The summed E-state index contributed by atoms with van der Waals surface area (Å²) in [6, 6.07) is 19.7. The second kappa shape index (κ2) is 6.62. The maximum atomic E-state index is 4.72. The average molecular weight is 317 g/mol. The van der Waals surface area contributed by atoms with E-state index in [1.54, 1.807) is 0 Å². The first-order valence-electron chi connectivity index (χ1n) is 8.74. The molecule has 3 nitrogen and oxygen atoms in total. The highest BCUT2D eigenvalue weighted by Crippen LogP contribution is 2.28. The fourth-order valence-electron chi connectivity index (χ4n) is 3.58. The smallest absolute Gasteiger partial charge is 0.0649 e. The summed E-state index contributed by atoms with van der Waals surface area (Å²) in [5.74, 6) is 0. The van der Waals surface area contributed by atoms with Crippen LogP contribution in [0.1, 0.15) is 24.1 Å². The summed E-state index contributed by atoms with van der Waals surface area (Å²) in [6.45, 7) is 3.27. The number of nitrogens with one attached hydrogen (secondary N) is 1. The van der Waals surface area contributed by atoms with Crippen LogP contribution in [-0.4, -0.2) is 22.4 Å². The number of benzene rings is 2. The molecule has 1 saturated heterocycles. The molecule has 0 saturated carbocycles. The molecule has 1 atom stereocenters. The predicted octanol–water partition coefficient (Wildman–Crippen LogP) is 4.14. The normalized spacial score (nSPS) is 17.3. The Bertz CT molecular complexity index is 814. The molecule has 1 N–H and O–H groups in total. The Kier molecular flexibility index (Phi) is 4.18. The van der Waals surface area contributed by atoms with E-state index in [0.717, 1.165) is 18.7 Å². The summed E-state index contributed by atoms with van der Waals surface area (Å²) in [7, 11) is 0. The average Bonchev–Trinajstić information content (AvgIpc) is 3.26. The lowest BCUT2D eigenvalue weighted by Crippen LogP contribution is -2.25. The molecule has 1 aromatic heterocycles. The van der Waals surface area contributed by atoms with Gasteiger partial charge in [0, 0.05) is 18.0 Å². The van der Waals surface area contributed by atoms with Crippen LogP contribution < -0.4 is 5.32 Å². The lowest BCUT2D eigenvalue weighted by atomic mass is 10.00. The maximum absolute atomic E-state index is 4.72. The molecule has 3 heteroatoms. The molecule has 1 aliphatic heterocycles. The van der Waals surface area contributed by atoms with Gasteiger partial charge in [0.25, 0.3) is 0 Å². The lowest BCUT2D eigenvalue weighted by Gasteiger charge is -2.15. The Morgan fingerprint density at radius 2 is 2.00 bits per heavy atom. The molecular weight excluding hydrogens is 294 g/mol. The van der Waals surface area contributed by atoms with Crippen LogP contribution in [0.25, 0.3) is 16.8 Å². The van der Waals surface area contributed by atoms with Gasteiger partial charge >= 0.3 is 0 Å². The van der Waals surface area contributed by atoms with Crippen LogP contribution in [0.2, 0.25) is 0 Å². The number of hydrogen-bond acceptors (Lipinski definition) is 2. The number of para-hydroxylation sites is 1. The number of aryl methyl sites for hydroxylation is 1. The van der Waals surface area contributed by atoms with Gasteiger partial charge in [-0.05, 0) is 44.0 Å². The molecule has 0 aliphatic carbocycles. The summed E-state index contributed by atoms with van der Waals surface area (Å²) in [4.78, 5) is 0. The molecule has 0 spiro atoms. The van der Waals surface area contributed by atoms with Crippen molar-refractivity contribution in [1.82, 2.24) is 15.1 Å². The van der Waals surface area contributed by atoms with Crippen molar-refractivity contribution in [3.63, 3.8) is 0 Å². The van der Waals surface area contributed by atoms with E-state index in [0.29, 0.717) is 6.04 Å². The minimum atomic E-state index is 0.549. The van der Waals surface area contributed by atoms with Crippen molar-refractivity contribution >= 4 is 0 Å². The highest BCUT2D eigenvalue weighted by atomic mass is 15.3. The molecule has 2 aromatic carbocycles. The molecule has 2 heterocycles.